The highest BCUT2D eigenvalue weighted by atomic mass is 16.5. The lowest BCUT2D eigenvalue weighted by Gasteiger charge is -2.55. The number of carbonyl (C=O) groups excluding carboxylic acids is 3. The topological polar surface area (TPSA) is 106 Å². The van der Waals surface area contributed by atoms with Crippen LogP contribution in [0.15, 0.2) is 116 Å². The summed E-state index contributed by atoms with van der Waals surface area (Å²) in [6.45, 7) is 4.73. The molecule has 4 aromatic rings. The van der Waals surface area contributed by atoms with Crippen LogP contribution in [0.1, 0.15) is 16.7 Å². The van der Waals surface area contributed by atoms with Gasteiger partial charge < -0.3 is 25.0 Å². The number of hydrogen-bond acceptors (Lipinski definition) is 6. The normalized spacial score (nSPS) is 18.0. The number of hydrogen-bond donors (Lipinski definition) is 2. The number of amides is 4. The third-order valence-corrected chi connectivity index (χ3v) is 8.75. The molecule has 0 spiro atoms. The highest BCUT2D eigenvalue weighted by Gasteiger charge is 2.51. The average Bonchev–Trinajstić information content (AvgIpc) is 3.10. The number of phenolic OH excluding ortho intramolecular Hbond substituents is 1. The maximum absolute atomic E-state index is 14.4. The number of nitrogens with zero attached hydrogens (tertiary/aromatic N) is 4. The quantitative estimate of drug-likeness (QED) is 0.240. The summed E-state index contributed by atoms with van der Waals surface area (Å²) in [4.78, 5) is 45.5. The van der Waals surface area contributed by atoms with Crippen molar-refractivity contribution in [3.8, 4) is 22.6 Å². The molecule has 0 aromatic heterocycles. The Labute approximate surface area is 280 Å². The van der Waals surface area contributed by atoms with Crippen molar-refractivity contribution in [2.45, 2.75) is 31.7 Å². The molecule has 4 aromatic carbocycles. The van der Waals surface area contributed by atoms with Crippen molar-refractivity contribution in [2.24, 2.45) is 0 Å². The zero-order valence-electron chi connectivity index (χ0n) is 26.9. The van der Waals surface area contributed by atoms with E-state index in [2.05, 4.69) is 11.9 Å². The molecule has 2 saturated heterocycles. The predicted octanol–water partition coefficient (Wildman–Crippen LogP) is 4.80. The van der Waals surface area contributed by atoms with Crippen LogP contribution in [-0.2, 0) is 29.1 Å². The van der Waals surface area contributed by atoms with Crippen LogP contribution in [0.5, 0.6) is 11.5 Å². The molecule has 0 bridgehead atoms. The van der Waals surface area contributed by atoms with Gasteiger partial charge in [0.15, 0.2) is 0 Å². The fraction of sp³-hybridized carbons (Fsp3) is 0.237. The van der Waals surface area contributed by atoms with Gasteiger partial charge in [0.1, 0.15) is 23.7 Å². The summed E-state index contributed by atoms with van der Waals surface area (Å²) in [5.74, 6) is 0.396. The maximum atomic E-state index is 14.4. The lowest BCUT2D eigenvalue weighted by atomic mass is 9.97. The molecule has 2 heterocycles. The van der Waals surface area contributed by atoms with Crippen molar-refractivity contribution < 1.29 is 24.2 Å². The van der Waals surface area contributed by atoms with E-state index in [1.165, 1.54) is 0 Å². The number of benzene rings is 4. The average molecular weight is 646 g/mol. The number of hydrazine groups is 1. The van der Waals surface area contributed by atoms with Crippen LogP contribution in [0.3, 0.4) is 0 Å². The number of para-hydroxylation sites is 1. The maximum Gasteiger partial charge on any atom is 0.334 e. The zero-order chi connectivity index (χ0) is 33.6. The van der Waals surface area contributed by atoms with E-state index < -0.39 is 12.2 Å². The number of piperazine rings is 1. The molecule has 0 aliphatic carbocycles. The van der Waals surface area contributed by atoms with E-state index in [1.54, 1.807) is 57.3 Å². The Morgan fingerprint density at radius 3 is 2.42 bits per heavy atom. The van der Waals surface area contributed by atoms with E-state index in [4.69, 9.17) is 4.74 Å². The first kappa shape index (κ1) is 32.3. The first-order valence-corrected chi connectivity index (χ1v) is 15.9. The summed E-state index contributed by atoms with van der Waals surface area (Å²) < 4.78 is 5.59. The van der Waals surface area contributed by atoms with Crippen LogP contribution in [0.2, 0.25) is 0 Å². The summed E-state index contributed by atoms with van der Waals surface area (Å²) in [5, 5.41) is 16.2. The third-order valence-electron chi connectivity index (χ3n) is 8.75. The summed E-state index contributed by atoms with van der Waals surface area (Å²) in [6, 6.07) is 30.7. The van der Waals surface area contributed by atoms with E-state index in [0.717, 1.165) is 33.6 Å². The number of urea groups is 1. The van der Waals surface area contributed by atoms with Gasteiger partial charge in [-0.25, -0.2) is 14.8 Å². The number of carbonyl (C=O) groups is 3. The Bertz CT molecular complexity index is 1780. The minimum Gasteiger partial charge on any atom is -0.508 e. The van der Waals surface area contributed by atoms with Gasteiger partial charge in [0, 0.05) is 31.6 Å². The van der Waals surface area contributed by atoms with Crippen molar-refractivity contribution >= 4 is 17.8 Å². The van der Waals surface area contributed by atoms with Gasteiger partial charge in [-0.15, -0.1) is 6.58 Å². The molecular formula is C38H39N5O5. The van der Waals surface area contributed by atoms with E-state index in [-0.39, 0.29) is 56.2 Å². The Kier molecular flexibility index (Phi) is 9.73. The van der Waals surface area contributed by atoms with Gasteiger partial charge in [0.05, 0.1) is 20.2 Å². The van der Waals surface area contributed by atoms with Gasteiger partial charge >= 0.3 is 6.03 Å². The van der Waals surface area contributed by atoms with Gasteiger partial charge in [0.2, 0.25) is 11.8 Å². The van der Waals surface area contributed by atoms with Crippen LogP contribution in [0.4, 0.5) is 4.79 Å². The van der Waals surface area contributed by atoms with Crippen molar-refractivity contribution in [2.75, 3.05) is 26.7 Å². The Balaban J connectivity index is 1.35. The molecule has 2 N–H and O–H groups in total. The minimum atomic E-state index is -0.867. The lowest BCUT2D eigenvalue weighted by molar-refractivity contribution is -0.189. The lowest BCUT2D eigenvalue weighted by Crippen LogP contribution is -2.76. The Hall–Kier alpha value is -5.61. The highest BCUT2D eigenvalue weighted by molar-refractivity contribution is 5.91. The van der Waals surface area contributed by atoms with Crippen LogP contribution >= 0.6 is 0 Å². The monoisotopic (exact) mass is 645 g/mol. The fourth-order valence-electron chi connectivity index (χ4n) is 6.49. The molecule has 48 heavy (non-hydrogen) atoms. The number of nitrogens with one attached hydrogen (secondary N) is 1. The zero-order valence-corrected chi connectivity index (χ0v) is 26.9. The first-order chi connectivity index (χ1) is 23.4. The first-order valence-electron chi connectivity index (χ1n) is 15.9. The van der Waals surface area contributed by atoms with Gasteiger partial charge in [-0.2, -0.15) is 0 Å². The third kappa shape index (κ3) is 6.89. The molecule has 2 atom stereocenters. The fourth-order valence-corrected chi connectivity index (χ4v) is 6.49. The van der Waals surface area contributed by atoms with E-state index in [0.29, 0.717) is 6.54 Å². The van der Waals surface area contributed by atoms with Crippen molar-refractivity contribution in [3.63, 3.8) is 0 Å². The second-order valence-electron chi connectivity index (χ2n) is 11.9. The molecule has 10 nitrogen and oxygen atoms in total. The Morgan fingerprint density at radius 1 is 0.938 bits per heavy atom. The number of methoxy groups -OCH3 is 1. The van der Waals surface area contributed by atoms with Crippen LogP contribution < -0.4 is 10.1 Å². The minimum absolute atomic E-state index is 0.0818. The molecule has 0 radical (unpaired) electrons. The van der Waals surface area contributed by atoms with Crippen LogP contribution in [-0.4, -0.2) is 81.7 Å². The standard InChI is InChI=1S/C38H39N5O5/c1-3-20-41-26-36(45)42-33(22-27-16-18-31(44)19-17-27)37(46)40(25-35(42)43(41)38(47)39-23-28-10-5-4-6-11-28)24-29-12-9-13-30(21-29)32-14-7-8-15-34(32)48-2/h3-19,21,33,35,44H,1,20,22-26H2,2H3,(H,39,47). The number of fused-ring (bicyclic) bond motifs is 1. The summed E-state index contributed by atoms with van der Waals surface area (Å²) >= 11 is 0. The summed E-state index contributed by atoms with van der Waals surface area (Å²) in [7, 11) is 1.64. The highest BCUT2D eigenvalue weighted by Crippen LogP contribution is 2.32. The SMILES string of the molecule is C=CCN1CC(=O)N2C(Cc3ccc(O)cc3)C(=O)N(Cc3cccc(-c4ccccc4OC)c3)CC2N1C(=O)NCc1ccccc1. The largest absolute Gasteiger partial charge is 0.508 e. The number of aromatic hydroxyl groups is 1. The molecule has 2 fully saturated rings. The number of phenols is 1. The smallest absolute Gasteiger partial charge is 0.334 e. The van der Waals surface area contributed by atoms with Gasteiger partial charge in [-0.05, 0) is 46.5 Å². The van der Waals surface area contributed by atoms with Crippen LogP contribution in [0, 0.1) is 0 Å². The summed E-state index contributed by atoms with van der Waals surface area (Å²) in [5.41, 5.74) is 4.50. The molecule has 4 amide bonds. The molecule has 0 saturated carbocycles. The van der Waals surface area contributed by atoms with Crippen LogP contribution in [0.25, 0.3) is 11.1 Å². The molecule has 2 unspecified atom stereocenters. The Morgan fingerprint density at radius 2 is 1.67 bits per heavy atom. The van der Waals surface area contributed by atoms with Gasteiger partial charge in [0.25, 0.3) is 0 Å². The van der Waals surface area contributed by atoms with E-state index >= 15 is 0 Å². The number of rotatable bonds is 10. The van der Waals surface area contributed by atoms with Crippen molar-refractivity contribution in [3.05, 3.63) is 132 Å². The number of ether oxygens (including phenoxy) is 1. The van der Waals surface area contributed by atoms with Crippen molar-refractivity contribution in [1.29, 1.82) is 0 Å². The molecule has 6 rings (SSSR count). The van der Waals surface area contributed by atoms with E-state index in [1.807, 2.05) is 78.9 Å². The van der Waals surface area contributed by atoms with Gasteiger partial charge in [-0.1, -0.05) is 84.9 Å². The molecule has 246 valence electrons. The predicted molar refractivity (Wildman–Crippen MR) is 182 cm³/mol. The molecule has 2 aliphatic heterocycles. The summed E-state index contributed by atoms with van der Waals surface area (Å²) in [6.07, 6.45) is 1.11. The molecule has 2 aliphatic rings. The second kappa shape index (κ2) is 14.4. The van der Waals surface area contributed by atoms with E-state index in [9.17, 15) is 19.5 Å². The second-order valence-corrected chi connectivity index (χ2v) is 11.9. The molecular weight excluding hydrogens is 606 g/mol. The van der Waals surface area contributed by atoms with Gasteiger partial charge in [-0.3, -0.25) is 9.59 Å². The molecule has 10 heteroatoms. The van der Waals surface area contributed by atoms with Crippen molar-refractivity contribution in [1.82, 2.24) is 25.1 Å².